The maximum Gasteiger partial charge on any atom is 0.241 e. The highest BCUT2D eigenvalue weighted by molar-refractivity contribution is 7.89. The number of sulfonamides is 1. The smallest absolute Gasteiger partial charge is 0.241 e. The molecular weight excluding hydrogens is 452 g/mol. The average Bonchev–Trinajstić information content (AvgIpc) is 3.25. The van der Waals surface area contributed by atoms with Crippen LogP contribution in [0.2, 0.25) is 0 Å². The van der Waals surface area contributed by atoms with Gasteiger partial charge in [-0.1, -0.05) is 12.1 Å². The van der Waals surface area contributed by atoms with E-state index >= 15 is 0 Å². The molecule has 4 bridgehead atoms. The summed E-state index contributed by atoms with van der Waals surface area (Å²) < 4.78 is 29.7. The van der Waals surface area contributed by atoms with E-state index in [4.69, 9.17) is 0 Å². The Morgan fingerprint density at radius 3 is 2.38 bits per heavy atom. The highest BCUT2D eigenvalue weighted by Gasteiger charge is 2.58. The van der Waals surface area contributed by atoms with Crippen LogP contribution in [0.5, 0.6) is 0 Å². The number of amides is 1. The minimum atomic E-state index is -3.75. The molecule has 2 unspecified atom stereocenters. The van der Waals surface area contributed by atoms with Crippen molar-refractivity contribution in [2.75, 3.05) is 13.1 Å². The van der Waals surface area contributed by atoms with Crippen LogP contribution in [0.4, 0.5) is 0 Å². The van der Waals surface area contributed by atoms with Gasteiger partial charge in [-0.3, -0.25) is 9.59 Å². The predicted octanol–water partition coefficient (Wildman–Crippen LogP) is 2.36. The fraction of sp³-hybridized carbons (Fsp3) is 0.640. The van der Waals surface area contributed by atoms with Gasteiger partial charge in [-0.25, -0.2) is 13.1 Å². The number of carbonyl (C=O) groups is 2. The third kappa shape index (κ3) is 4.28. The number of Topliss-reactive ketones (excluding diaryl/α,β-unsaturated/α-hetero) is 1. The fourth-order valence-electron chi connectivity index (χ4n) is 7.37. The molecule has 182 valence electrons. The van der Waals surface area contributed by atoms with Gasteiger partial charge < -0.3 is 10.2 Å². The zero-order valence-electron chi connectivity index (χ0n) is 19.5. The summed E-state index contributed by atoms with van der Waals surface area (Å²) in [4.78, 5) is 26.3. The highest BCUT2D eigenvalue weighted by Crippen LogP contribution is 2.57. The first-order chi connectivity index (χ1) is 16.1. The standard InChI is InChI=1S/C25H32N4O4S/c1-17(30)20-4-6-22(7-5-20)34(32,33)28-25-12-18-9-19(13-25)11-24(10-18,16-25)27-15-23(31)29-8-2-3-21(29)14-26/h4-7,18-19,21,27-28H,2-3,8-13,15-16H2,1H3/t18?,19?,21-,24?,25?/m1/s1. The minimum absolute atomic E-state index is 0.0417. The van der Waals surface area contributed by atoms with E-state index < -0.39 is 15.6 Å². The molecule has 34 heavy (non-hydrogen) atoms. The summed E-state index contributed by atoms with van der Waals surface area (Å²) in [6.45, 7) is 2.27. The molecule has 4 aliphatic carbocycles. The van der Waals surface area contributed by atoms with Crippen LogP contribution < -0.4 is 10.0 Å². The fourth-order valence-corrected chi connectivity index (χ4v) is 8.79. The zero-order valence-corrected chi connectivity index (χ0v) is 20.4. The molecule has 3 atom stereocenters. The van der Waals surface area contributed by atoms with Gasteiger partial charge in [0.1, 0.15) is 6.04 Å². The second-order valence-electron chi connectivity index (χ2n) is 10.9. The topological polar surface area (TPSA) is 119 Å². The van der Waals surface area contributed by atoms with Crippen molar-refractivity contribution in [1.82, 2.24) is 14.9 Å². The monoisotopic (exact) mass is 484 g/mol. The van der Waals surface area contributed by atoms with Crippen LogP contribution in [0.3, 0.4) is 0 Å². The molecule has 8 nitrogen and oxygen atoms in total. The van der Waals surface area contributed by atoms with Crippen LogP contribution in [0, 0.1) is 23.2 Å². The van der Waals surface area contributed by atoms with E-state index in [9.17, 15) is 23.3 Å². The molecule has 5 fully saturated rings. The maximum atomic E-state index is 13.3. The first-order valence-corrected chi connectivity index (χ1v) is 13.7. The molecule has 0 aromatic heterocycles. The van der Waals surface area contributed by atoms with Crippen molar-refractivity contribution < 1.29 is 18.0 Å². The number of nitrogens with one attached hydrogen (secondary N) is 2. The van der Waals surface area contributed by atoms with Crippen molar-refractivity contribution in [2.45, 2.75) is 80.3 Å². The lowest BCUT2D eigenvalue weighted by Crippen LogP contribution is -2.69. The lowest BCUT2D eigenvalue weighted by Gasteiger charge is -2.62. The summed E-state index contributed by atoms with van der Waals surface area (Å²) in [5.41, 5.74) is -0.304. The number of likely N-dealkylation sites (tertiary alicyclic amines) is 1. The summed E-state index contributed by atoms with van der Waals surface area (Å²) in [5.74, 6) is 0.700. The second kappa shape index (κ2) is 8.43. The van der Waals surface area contributed by atoms with Crippen LogP contribution in [-0.4, -0.2) is 55.2 Å². The first-order valence-electron chi connectivity index (χ1n) is 12.2. The number of rotatable bonds is 7. The number of benzene rings is 1. The van der Waals surface area contributed by atoms with Gasteiger partial charge >= 0.3 is 0 Å². The van der Waals surface area contributed by atoms with E-state index in [0.717, 1.165) is 44.9 Å². The number of ketones is 1. The number of hydrogen-bond donors (Lipinski definition) is 2. The van der Waals surface area contributed by atoms with Crippen molar-refractivity contribution in [2.24, 2.45) is 11.8 Å². The molecule has 1 amide bonds. The molecule has 0 spiro atoms. The van der Waals surface area contributed by atoms with Crippen molar-refractivity contribution in [3.05, 3.63) is 29.8 Å². The Morgan fingerprint density at radius 2 is 1.76 bits per heavy atom. The van der Waals surface area contributed by atoms with Crippen LogP contribution >= 0.6 is 0 Å². The summed E-state index contributed by atoms with van der Waals surface area (Å²) >= 11 is 0. The zero-order chi connectivity index (χ0) is 24.1. The summed E-state index contributed by atoms with van der Waals surface area (Å²) in [6, 6.07) is 7.99. The van der Waals surface area contributed by atoms with Gasteiger partial charge in [0.25, 0.3) is 0 Å². The average molecular weight is 485 g/mol. The van der Waals surface area contributed by atoms with Crippen molar-refractivity contribution >= 4 is 21.7 Å². The van der Waals surface area contributed by atoms with Gasteiger partial charge in [0.05, 0.1) is 17.5 Å². The number of nitriles is 1. The van der Waals surface area contributed by atoms with E-state index in [1.807, 2.05) is 0 Å². The Morgan fingerprint density at radius 1 is 1.12 bits per heavy atom. The summed E-state index contributed by atoms with van der Waals surface area (Å²) in [7, 11) is -3.75. The summed E-state index contributed by atoms with van der Waals surface area (Å²) in [6.07, 6.45) is 6.89. The Hall–Kier alpha value is -2.28. The van der Waals surface area contributed by atoms with Crippen LogP contribution in [0.25, 0.3) is 0 Å². The number of nitrogens with zero attached hydrogens (tertiary/aromatic N) is 2. The third-order valence-electron chi connectivity index (χ3n) is 8.32. The van der Waals surface area contributed by atoms with Crippen LogP contribution in [-0.2, 0) is 14.8 Å². The van der Waals surface area contributed by atoms with Crippen LogP contribution in [0.15, 0.2) is 29.2 Å². The molecule has 1 saturated heterocycles. The molecule has 0 radical (unpaired) electrons. The number of carbonyl (C=O) groups excluding carboxylic acids is 2. The molecule has 4 saturated carbocycles. The van der Waals surface area contributed by atoms with Gasteiger partial charge in [-0.2, -0.15) is 5.26 Å². The predicted molar refractivity (Wildman–Crippen MR) is 125 cm³/mol. The third-order valence-corrected chi connectivity index (χ3v) is 9.91. The quantitative estimate of drug-likeness (QED) is 0.574. The van der Waals surface area contributed by atoms with E-state index in [2.05, 4.69) is 16.1 Å². The highest BCUT2D eigenvalue weighted by atomic mass is 32.2. The van der Waals surface area contributed by atoms with Crippen molar-refractivity contribution in [1.29, 1.82) is 5.26 Å². The van der Waals surface area contributed by atoms with Gasteiger partial charge in [-0.05, 0) is 82.3 Å². The van der Waals surface area contributed by atoms with Crippen molar-refractivity contribution in [3.8, 4) is 6.07 Å². The Labute approximate surface area is 201 Å². The van der Waals surface area contributed by atoms with E-state index in [1.165, 1.54) is 19.1 Å². The lowest BCUT2D eigenvalue weighted by atomic mass is 9.50. The Bertz CT molecular complexity index is 1130. The summed E-state index contributed by atoms with van der Waals surface area (Å²) in [5, 5.41) is 12.9. The van der Waals surface area contributed by atoms with E-state index in [0.29, 0.717) is 30.4 Å². The molecule has 1 heterocycles. The number of hydrogen-bond acceptors (Lipinski definition) is 6. The molecule has 1 aliphatic heterocycles. The molecule has 5 aliphatic rings. The lowest BCUT2D eigenvalue weighted by molar-refractivity contribution is -0.131. The van der Waals surface area contributed by atoms with Gasteiger partial charge in [0.2, 0.25) is 15.9 Å². The second-order valence-corrected chi connectivity index (χ2v) is 12.6. The molecule has 2 N–H and O–H groups in total. The van der Waals surface area contributed by atoms with Gasteiger partial charge in [0, 0.05) is 23.2 Å². The molecular formula is C25H32N4O4S. The van der Waals surface area contributed by atoms with Gasteiger partial charge in [0.15, 0.2) is 5.78 Å². The Balaban J connectivity index is 1.32. The normalized spacial score (nSPS) is 34.2. The molecule has 1 aromatic carbocycles. The molecule has 9 heteroatoms. The van der Waals surface area contributed by atoms with Crippen LogP contribution in [0.1, 0.15) is 68.6 Å². The maximum absolute atomic E-state index is 13.3. The largest absolute Gasteiger partial charge is 0.326 e. The molecule has 1 aromatic rings. The van der Waals surface area contributed by atoms with E-state index in [1.54, 1.807) is 17.0 Å². The minimum Gasteiger partial charge on any atom is -0.326 e. The van der Waals surface area contributed by atoms with E-state index in [-0.39, 0.29) is 34.7 Å². The van der Waals surface area contributed by atoms with Crippen molar-refractivity contribution in [3.63, 3.8) is 0 Å². The SMILES string of the molecule is CC(=O)c1ccc(S(=O)(=O)NC23CC4CC(CC(NCC(=O)N5CCC[C@@H]5C#N)(C4)C2)C3)cc1. The first kappa shape index (κ1) is 23.5. The van der Waals surface area contributed by atoms with Gasteiger partial charge in [-0.15, -0.1) is 0 Å². The molecule has 6 rings (SSSR count). The Kier molecular flexibility index (Phi) is 5.82.